The van der Waals surface area contributed by atoms with Gasteiger partial charge >= 0.3 is 5.97 Å². The zero-order chi connectivity index (χ0) is 24.3. The molecule has 0 amide bonds. The molecule has 186 valence electrons. The molecule has 1 aliphatic rings. The second-order valence-electron chi connectivity index (χ2n) is 9.16. The van der Waals surface area contributed by atoms with Crippen LogP contribution in [0.3, 0.4) is 0 Å². The average Bonchev–Trinajstić information content (AvgIpc) is 2.81. The number of aromatic nitrogens is 2. The minimum Gasteiger partial charge on any atom is -0.464 e. The van der Waals surface area contributed by atoms with Gasteiger partial charge in [-0.15, -0.1) is 0 Å². The summed E-state index contributed by atoms with van der Waals surface area (Å²) in [6.07, 6.45) is 4.45. The summed E-state index contributed by atoms with van der Waals surface area (Å²) in [4.78, 5) is 25.7. The number of nitrogens with two attached hydrogens (primary N) is 1. The maximum absolute atomic E-state index is 12.3. The van der Waals surface area contributed by atoms with Gasteiger partial charge < -0.3 is 20.7 Å². The molecule has 1 aliphatic heterocycles. The van der Waals surface area contributed by atoms with Crippen LogP contribution >= 0.6 is 0 Å². The third-order valence-electron chi connectivity index (χ3n) is 6.32. The molecule has 8 heteroatoms. The lowest BCUT2D eigenvalue weighted by atomic mass is 10.0. The van der Waals surface area contributed by atoms with Gasteiger partial charge in [-0.05, 0) is 31.5 Å². The highest BCUT2D eigenvalue weighted by Crippen LogP contribution is 2.22. The number of hydrogen-bond acceptors (Lipinski definition) is 8. The minimum atomic E-state index is -0.178. The summed E-state index contributed by atoms with van der Waals surface area (Å²) in [5, 5.41) is 3.43. The quantitative estimate of drug-likeness (QED) is 0.363. The number of esters is 1. The molecule has 0 bridgehead atoms. The summed E-state index contributed by atoms with van der Waals surface area (Å²) in [6, 6.07) is 8.12. The summed E-state index contributed by atoms with van der Waals surface area (Å²) in [5.41, 5.74) is 9.93. The Kier molecular flexibility index (Phi) is 10.1. The van der Waals surface area contributed by atoms with Crippen LogP contribution in [0.25, 0.3) is 0 Å². The number of nitrogen functional groups attached to an aromatic ring is 1. The van der Waals surface area contributed by atoms with Gasteiger partial charge in [0.2, 0.25) is 5.95 Å². The highest BCUT2D eigenvalue weighted by molar-refractivity contribution is 5.72. The van der Waals surface area contributed by atoms with Crippen LogP contribution in [-0.2, 0) is 22.4 Å². The van der Waals surface area contributed by atoms with Gasteiger partial charge in [0, 0.05) is 56.9 Å². The van der Waals surface area contributed by atoms with E-state index in [1.54, 1.807) is 0 Å². The van der Waals surface area contributed by atoms with Gasteiger partial charge in [-0.3, -0.25) is 9.69 Å². The van der Waals surface area contributed by atoms with Crippen LogP contribution in [0.4, 0.5) is 11.8 Å². The number of ether oxygens (including phenoxy) is 1. The molecular formula is C26H40N6O2. The summed E-state index contributed by atoms with van der Waals surface area (Å²) in [7, 11) is 2.14. The van der Waals surface area contributed by atoms with Crippen molar-refractivity contribution in [2.24, 2.45) is 0 Å². The Hall–Kier alpha value is -2.71. The third-order valence-corrected chi connectivity index (χ3v) is 6.32. The molecule has 0 aliphatic carbocycles. The number of unbranched alkanes of at least 4 members (excludes halogenated alkanes) is 2. The van der Waals surface area contributed by atoms with Crippen LogP contribution in [0.5, 0.6) is 0 Å². The number of piperazine rings is 1. The Labute approximate surface area is 203 Å². The van der Waals surface area contributed by atoms with Crippen molar-refractivity contribution in [3.05, 3.63) is 46.6 Å². The number of rotatable bonds is 12. The normalized spacial score (nSPS) is 14.8. The number of nitrogens with zero attached hydrogens (tertiary/aromatic N) is 4. The maximum atomic E-state index is 12.3. The zero-order valence-corrected chi connectivity index (χ0v) is 21.0. The van der Waals surface area contributed by atoms with Crippen molar-refractivity contribution in [1.29, 1.82) is 0 Å². The number of benzene rings is 1. The van der Waals surface area contributed by atoms with E-state index >= 15 is 0 Å². The topological polar surface area (TPSA) is 96.6 Å². The van der Waals surface area contributed by atoms with E-state index in [2.05, 4.69) is 51.2 Å². The van der Waals surface area contributed by atoms with Crippen molar-refractivity contribution in [3.8, 4) is 0 Å². The number of aryl methyl sites for hydroxylation is 1. The molecule has 2 heterocycles. The first-order valence-electron chi connectivity index (χ1n) is 12.5. The van der Waals surface area contributed by atoms with E-state index in [1.165, 1.54) is 12.8 Å². The van der Waals surface area contributed by atoms with Crippen LogP contribution in [0.15, 0.2) is 24.3 Å². The molecule has 2 aromatic rings. The Balaban J connectivity index is 1.50. The molecule has 34 heavy (non-hydrogen) atoms. The number of carbonyl (C=O) groups is 1. The Morgan fingerprint density at radius 3 is 2.50 bits per heavy atom. The monoisotopic (exact) mass is 468 g/mol. The van der Waals surface area contributed by atoms with E-state index in [-0.39, 0.29) is 12.4 Å². The van der Waals surface area contributed by atoms with Gasteiger partial charge in [-0.25, -0.2) is 4.98 Å². The smallest absolute Gasteiger partial charge is 0.310 e. The number of nitrogens with one attached hydrogen (secondary N) is 1. The lowest BCUT2D eigenvalue weighted by Crippen LogP contribution is -2.45. The lowest BCUT2D eigenvalue weighted by Gasteiger charge is -2.32. The SMILES string of the molecule is CCCCCNc1nc(N)nc(C)c1Cc1ccc(CC(=O)OCCN2CCN(C)CC2)cc1. The van der Waals surface area contributed by atoms with Crippen LogP contribution < -0.4 is 11.1 Å². The fourth-order valence-corrected chi connectivity index (χ4v) is 4.11. The van der Waals surface area contributed by atoms with Crippen LogP contribution in [0.1, 0.15) is 48.6 Å². The van der Waals surface area contributed by atoms with Crippen molar-refractivity contribution in [1.82, 2.24) is 19.8 Å². The maximum Gasteiger partial charge on any atom is 0.310 e. The number of anilines is 2. The number of carbonyl (C=O) groups excluding carboxylic acids is 1. The standard InChI is InChI=1S/C26H40N6O2/c1-4-5-6-11-28-25-23(20(2)29-26(27)30-25)18-21-7-9-22(10-8-21)19-24(33)34-17-16-32-14-12-31(3)13-15-32/h7-10H,4-6,11-19H2,1-3H3,(H3,27,28,29,30). The molecular weight excluding hydrogens is 428 g/mol. The van der Waals surface area contributed by atoms with E-state index < -0.39 is 0 Å². The molecule has 1 aromatic carbocycles. The van der Waals surface area contributed by atoms with E-state index in [4.69, 9.17) is 10.5 Å². The summed E-state index contributed by atoms with van der Waals surface area (Å²) in [6.45, 7) is 10.5. The molecule has 0 spiro atoms. The van der Waals surface area contributed by atoms with Crippen molar-refractivity contribution >= 4 is 17.7 Å². The second kappa shape index (κ2) is 13.2. The lowest BCUT2D eigenvalue weighted by molar-refractivity contribution is -0.143. The first-order valence-corrected chi connectivity index (χ1v) is 12.5. The van der Waals surface area contributed by atoms with E-state index in [0.29, 0.717) is 19.0 Å². The fraction of sp³-hybridized carbons (Fsp3) is 0.577. The van der Waals surface area contributed by atoms with Crippen molar-refractivity contribution in [2.75, 3.05) is 64.0 Å². The third kappa shape index (κ3) is 8.25. The highest BCUT2D eigenvalue weighted by atomic mass is 16.5. The van der Waals surface area contributed by atoms with Gasteiger partial charge in [0.05, 0.1) is 6.42 Å². The molecule has 1 saturated heterocycles. The van der Waals surface area contributed by atoms with Crippen LogP contribution in [0.2, 0.25) is 0 Å². The predicted molar refractivity (Wildman–Crippen MR) is 137 cm³/mol. The second-order valence-corrected chi connectivity index (χ2v) is 9.16. The van der Waals surface area contributed by atoms with Gasteiger partial charge in [0.15, 0.2) is 0 Å². The zero-order valence-electron chi connectivity index (χ0n) is 21.0. The molecule has 0 unspecified atom stereocenters. The van der Waals surface area contributed by atoms with Gasteiger partial charge in [0.25, 0.3) is 0 Å². The molecule has 1 aromatic heterocycles. The molecule has 0 radical (unpaired) electrons. The molecule has 0 saturated carbocycles. The molecule has 3 rings (SSSR count). The molecule has 1 fully saturated rings. The van der Waals surface area contributed by atoms with Gasteiger partial charge in [-0.2, -0.15) is 4.98 Å². The predicted octanol–water partition coefficient (Wildman–Crippen LogP) is 2.89. The average molecular weight is 469 g/mol. The summed E-state index contributed by atoms with van der Waals surface area (Å²) >= 11 is 0. The van der Waals surface area contributed by atoms with Crippen molar-refractivity contribution in [3.63, 3.8) is 0 Å². The van der Waals surface area contributed by atoms with E-state index in [0.717, 1.165) is 73.9 Å². The fourth-order valence-electron chi connectivity index (χ4n) is 4.11. The van der Waals surface area contributed by atoms with Gasteiger partial charge in [-0.1, -0.05) is 44.0 Å². The summed E-state index contributed by atoms with van der Waals surface area (Å²) < 4.78 is 5.47. The van der Waals surface area contributed by atoms with Crippen molar-refractivity contribution < 1.29 is 9.53 Å². The Bertz CT molecular complexity index is 910. The molecule has 8 nitrogen and oxygen atoms in total. The first-order chi connectivity index (χ1) is 16.4. The van der Waals surface area contributed by atoms with Crippen LogP contribution in [-0.4, -0.2) is 78.7 Å². The Morgan fingerprint density at radius 2 is 1.79 bits per heavy atom. The molecule has 0 atom stereocenters. The van der Waals surface area contributed by atoms with Crippen LogP contribution in [0, 0.1) is 6.92 Å². The van der Waals surface area contributed by atoms with E-state index in [1.807, 2.05) is 19.1 Å². The van der Waals surface area contributed by atoms with Gasteiger partial charge in [0.1, 0.15) is 12.4 Å². The Morgan fingerprint density at radius 1 is 1.09 bits per heavy atom. The molecule has 3 N–H and O–H groups in total. The number of hydrogen-bond donors (Lipinski definition) is 2. The van der Waals surface area contributed by atoms with E-state index in [9.17, 15) is 4.79 Å². The van der Waals surface area contributed by atoms with Crippen molar-refractivity contribution in [2.45, 2.75) is 46.0 Å². The summed E-state index contributed by atoms with van der Waals surface area (Å²) in [5.74, 6) is 0.929. The minimum absolute atomic E-state index is 0.178. The number of likely N-dealkylation sites (N-methyl/N-ethyl adjacent to an activating group) is 1. The largest absolute Gasteiger partial charge is 0.464 e. The first kappa shape index (κ1) is 25.9. The highest BCUT2D eigenvalue weighted by Gasteiger charge is 2.15.